The highest BCUT2D eigenvalue weighted by atomic mass is 79.9. The summed E-state index contributed by atoms with van der Waals surface area (Å²) in [4.78, 5) is 18.7. The van der Waals surface area contributed by atoms with Crippen molar-refractivity contribution in [3.63, 3.8) is 0 Å². The van der Waals surface area contributed by atoms with Gasteiger partial charge in [-0.15, -0.1) is 0 Å². The molecule has 3 heterocycles. The molecule has 0 bridgehead atoms. The number of aromatic nitrogens is 1. The molecule has 1 atom stereocenters. The number of nitrogens with zero attached hydrogens (tertiary/aromatic N) is 1. The number of rotatable bonds is 2. The molecule has 2 aliphatic rings. The smallest absolute Gasteiger partial charge is 0.336 e. The van der Waals surface area contributed by atoms with Crippen molar-refractivity contribution in [2.24, 2.45) is 0 Å². The molecule has 0 fully saturated rings. The van der Waals surface area contributed by atoms with Crippen LogP contribution in [-0.2, 0) is 16.0 Å². The Morgan fingerprint density at radius 2 is 1.96 bits per heavy atom. The van der Waals surface area contributed by atoms with Crippen LogP contribution in [0.2, 0.25) is 0 Å². The molecule has 3 aromatic rings. The molecule has 2 aliphatic heterocycles. The van der Waals surface area contributed by atoms with Gasteiger partial charge in [0.2, 0.25) is 0 Å². The van der Waals surface area contributed by atoms with Crippen molar-refractivity contribution in [3.8, 4) is 0 Å². The predicted octanol–water partition coefficient (Wildman–Crippen LogP) is 4.98. The molecule has 0 saturated carbocycles. The molecule has 1 N–H and O–H groups in total. The molecular formula is C23H19BrN2O2. The van der Waals surface area contributed by atoms with Gasteiger partial charge in [-0.3, -0.25) is 0 Å². The highest BCUT2D eigenvalue weighted by Crippen LogP contribution is 2.43. The van der Waals surface area contributed by atoms with E-state index in [0.717, 1.165) is 39.9 Å². The fourth-order valence-electron chi connectivity index (χ4n) is 4.30. The molecule has 0 aliphatic carbocycles. The molecule has 28 heavy (non-hydrogen) atoms. The lowest BCUT2D eigenvalue weighted by molar-refractivity contribution is -0.136. The molecule has 0 unspecified atom stereocenters. The Labute approximate surface area is 171 Å². The van der Waals surface area contributed by atoms with E-state index in [1.807, 2.05) is 30.3 Å². The Hall–Kier alpha value is -2.79. The summed E-state index contributed by atoms with van der Waals surface area (Å²) in [5.41, 5.74) is 6.07. The van der Waals surface area contributed by atoms with Crippen molar-refractivity contribution in [2.75, 3.05) is 13.7 Å². The molecular weight excluding hydrogens is 416 g/mol. The van der Waals surface area contributed by atoms with Gasteiger partial charge in [0.15, 0.2) is 0 Å². The number of hydrogen-bond donors (Lipinski definition) is 1. The lowest BCUT2D eigenvalue weighted by Crippen LogP contribution is -2.31. The van der Waals surface area contributed by atoms with E-state index in [4.69, 9.17) is 4.74 Å². The van der Waals surface area contributed by atoms with E-state index in [9.17, 15) is 4.79 Å². The number of halogens is 1. The third-order valence-corrected chi connectivity index (χ3v) is 6.13. The normalized spacial score (nSPS) is 18.2. The first kappa shape index (κ1) is 17.3. The monoisotopic (exact) mass is 434 g/mol. The van der Waals surface area contributed by atoms with Gasteiger partial charge in [0.05, 0.1) is 24.1 Å². The topological polar surface area (TPSA) is 45.3 Å². The van der Waals surface area contributed by atoms with Gasteiger partial charge in [0.25, 0.3) is 0 Å². The average molecular weight is 435 g/mol. The first-order valence-corrected chi connectivity index (χ1v) is 10.1. The largest absolute Gasteiger partial charge is 0.466 e. The Bertz CT molecular complexity index is 1140. The predicted molar refractivity (Wildman–Crippen MR) is 114 cm³/mol. The van der Waals surface area contributed by atoms with Gasteiger partial charge >= 0.3 is 5.97 Å². The zero-order chi connectivity index (χ0) is 19.3. The fraction of sp³-hybridized carbons (Fsp3) is 0.174. The van der Waals surface area contributed by atoms with Crippen LogP contribution in [0.5, 0.6) is 0 Å². The van der Waals surface area contributed by atoms with Gasteiger partial charge in [-0.1, -0.05) is 52.3 Å². The Kier molecular flexibility index (Phi) is 4.13. The SMILES string of the molecule is COC(=O)C1=C2c3[nH]c4ccccc4c3CCN2C=C[C@H]1c1ccc(Br)cc1. The summed E-state index contributed by atoms with van der Waals surface area (Å²) in [6.07, 6.45) is 5.13. The number of fused-ring (bicyclic) bond motifs is 5. The molecule has 0 saturated heterocycles. The lowest BCUT2D eigenvalue weighted by Gasteiger charge is -2.35. The summed E-state index contributed by atoms with van der Waals surface area (Å²) in [5, 5.41) is 1.23. The second-order valence-corrected chi connectivity index (χ2v) is 8.01. The molecule has 5 rings (SSSR count). The number of allylic oxidation sites excluding steroid dienone is 1. The number of aromatic amines is 1. The van der Waals surface area contributed by atoms with Gasteiger partial charge in [0, 0.05) is 34.0 Å². The number of ether oxygens (including phenoxy) is 1. The maximum Gasteiger partial charge on any atom is 0.336 e. The zero-order valence-electron chi connectivity index (χ0n) is 15.4. The van der Waals surface area contributed by atoms with Gasteiger partial charge in [-0.2, -0.15) is 0 Å². The van der Waals surface area contributed by atoms with Crippen molar-refractivity contribution < 1.29 is 9.53 Å². The van der Waals surface area contributed by atoms with Crippen LogP contribution in [0.25, 0.3) is 16.6 Å². The van der Waals surface area contributed by atoms with Gasteiger partial charge < -0.3 is 14.6 Å². The standard InChI is InChI=1S/C23H19BrN2O2/c1-28-23(27)20-16(14-6-8-15(24)9-7-14)10-12-26-13-11-18-17-4-2-3-5-19(17)25-21(18)22(20)26/h2-10,12,16,25H,11,13H2,1H3/t16-/m0/s1. The van der Waals surface area contributed by atoms with Crippen LogP contribution in [0.4, 0.5) is 0 Å². The molecule has 0 spiro atoms. The first-order chi connectivity index (χ1) is 13.7. The second kappa shape index (κ2) is 6.67. The summed E-state index contributed by atoms with van der Waals surface area (Å²) in [5.74, 6) is -0.437. The molecule has 0 amide bonds. The van der Waals surface area contributed by atoms with Crippen LogP contribution in [0.1, 0.15) is 22.7 Å². The summed E-state index contributed by atoms with van der Waals surface area (Å²) < 4.78 is 6.24. The second-order valence-electron chi connectivity index (χ2n) is 7.09. The van der Waals surface area contributed by atoms with Crippen molar-refractivity contribution in [1.29, 1.82) is 0 Å². The van der Waals surface area contributed by atoms with Gasteiger partial charge in [-0.05, 0) is 35.7 Å². The van der Waals surface area contributed by atoms with Crippen LogP contribution in [0.3, 0.4) is 0 Å². The number of carbonyl (C=O) groups excluding carboxylic acids is 1. The number of para-hydroxylation sites is 1. The van der Waals surface area contributed by atoms with Crippen molar-refractivity contribution in [3.05, 3.63) is 87.7 Å². The minimum atomic E-state index is -0.288. The van der Waals surface area contributed by atoms with Crippen LogP contribution in [-0.4, -0.2) is 29.5 Å². The highest BCUT2D eigenvalue weighted by Gasteiger charge is 2.35. The Morgan fingerprint density at radius 3 is 2.75 bits per heavy atom. The van der Waals surface area contributed by atoms with Gasteiger partial charge in [-0.25, -0.2) is 4.79 Å². The summed E-state index contributed by atoms with van der Waals surface area (Å²) >= 11 is 3.49. The first-order valence-electron chi connectivity index (χ1n) is 9.30. The fourth-order valence-corrected chi connectivity index (χ4v) is 4.57. The van der Waals surface area contributed by atoms with Crippen LogP contribution in [0, 0.1) is 0 Å². The Balaban J connectivity index is 1.76. The van der Waals surface area contributed by atoms with E-state index in [0.29, 0.717) is 5.57 Å². The van der Waals surface area contributed by atoms with Crippen molar-refractivity contribution in [2.45, 2.75) is 12.3 Å². The lowest BCUT2D eigenvalue weighted by atomic mass is 9.84. The van der Waals surface area contributed by atoms with Crippen LogP contribution in [0.15, 0.2) is 70.9 Å². The van der Waals surface area contributed by atoms with E-state index in [-0.39, 0.29) is 11.9 Å². The van der Waals surface area contributed by atoms with E-state index < -0.39 is 0 Å². The number of esters is 1. The van der Waals surface area contributed by atoms with Crippen molar-refractivity contribution in [1.82, 2.24) is 9.88 Å². The average Bonchev–Trinajstić information content (AvgIpc) is 3.12. The van der Waals surface area contributed by atoms with E-state index in [1.165, 1.54) is 18.1 Å². The van der Waals surface area contributed by atoms with Crippen LogP contribution < -0.4 is 0 Å². The summed E-state index contributed by atoms with van der Waals surface area (Å²) in [6.45, 7) is 0.842. The highest BCUT2D eigenvalue weighted by molar-refractivity contribution is 9.10. The minimum Gasteiger partial charge on any atom is -0.466 e. The number of H-pyrrole nitrogens is 1. The molecule has 0 radical (unpaired) electrons. The van der Waals surface area contributed by atoms with E-state index in [2.05, 4.69) is 56.3 Å². The molecule has 5 heteroatoms. The third kappa shape index (κ3) is 2.61. The molecule has 2 aromatic carbocycles. The van der Waals surface area contributed by atoms with Gasteiger partial charge in [0.1, 0.15) is 0 Å². The number of nitrogens with one attached hydrogen (secondary N) is 1. The molecule has 140 valence electrons. The molecule has 4 nitrogen and oxygen atoms in total. The summed E-state index contributed by atoms with van der Waals surface area (Å²) in [6, 6.07) is 16.4. The number of methoxy groups -OCH3 is 1. The summed E-state index contributed by atoms with van der Waals surface area (Å²) in [7, 11) is 1.45. The minimum absolute atomic E-state index is 0.149. The van der Waals surface area contributed by atoms with E-state index >= 15 is 0 Å². The number of carbonyl (C=O) groups is 1. The number of benzene rings is 2. The third-order valence-electron chi connectivity index (χ3n) is 5.60. The Morgan fingerprint density at radius 1 is 1.18 bits per heavy atom. The molecule has 1 aromatic heterocycles. The maximum absolute atomic E-state index is 12.9. The van der Waals surface area contributed by atoms with Crippen molar-refractivity contribution >= 4 is 38.5 Å². The van der Waals surface area contributed by atoms with Crippen LogP contribution >= 0.6 is 15.9 Å². The zero-order valence-corrected chi connectivity index (χ0v) is 17.0. The maximum atomic E-state index is 12.9. The van der Waals surface area contributed by atoms with E-state index in [1.54, 1.807) is 0 Å². The number of hydrogen-bond acceptors (Lipinski definition) is 3. The quantitative estimate of drug-likeness (QED) is 0.578.